The molecule has 6 heteroatoms. The first kappa shape index (κ1) is 18.4. The number of rotatable bonds is 5. The highest BCUT2D eigenvalue weighted by molar-refractivity contribution is 5.65. The normalized spacial score (nSPS) is 15.3. The molecule has 1 atom stereocenters. The largest absolute Gasteiger partial charge is 0.378 e. The number of aromatic nitrogens is 3. The fraction of sp³-hybridized carbons (Fsp3) is 0.318. The highest BCUT2D eigenvalue weighted by Gasteiger charge is 2.13. The number of hydrogen-bond donors (Lipinski definition) is 1. The lowest BCUT2D eigenvalue weighted by atomic mass is 10.0. The minimum Gasteiger partial charge on any atom is -0.378 e. The van der Waals surface area contributed by atoms with Gasteiger partial charge in [-0.2, -0.15) is 0 Å². The highest BCUT2D eigenvalue weighted by Crippen LogP contribution is 2.26. The van der Waals surface area contributed by atoms with Gasteiger partial charge in [-0.25, -0.2) is 15.0 Å². The molecule has 3 aromatic rings. The zero-order valence-electron chi connectivity index (χ0n) is 16.3. The quantitative estimate of drug-likeness (QED) is 0.731. The minimum absolute atomic E-state index is 0.134. The van der Waals surface area contributed by atoms with Crippen LogP contribution in [0.5, 0.6) is 0 Å². The van der Waals surface area contributed by atoms with Gasteiger partial charge in [0, 0.05) is 37.1 Å². The molecule has 0 amide bonds. The molecular weight excluding hydrogens is 350 g/mol. The van der Waals surface area contributed by atoms with Crippen molar-refractivity contribution in [2.24, 2.45) is 0 Å². The average Bonchev–Trinajstić information content (AvgIpc) is 2.75. The molecule has 1 aliphatic heterocycles. The van der Waals surface area contributed by atoms with Gasteiger partial charge in [-0.15, -0.1) is 0 Å². The zero-order valence-corrected chi connectivity index (χ0v) is 16.3. The van der Waals surface area contributed by atoms with Crippen LogP contribution in [0.15, 0.2) is 54.9 Å². The molecule has 0 unspecified atom stereocenters. The van der Waals surface area contributed by atoms with Crippen LogP contribution in [0.3, 0.4) is 0 Å². The number of benzene rings is 1. The summed E-state index contributed by atoms with van der Waals surface area (Å²) in [7, 11) is 0. The molecule has 0 spiro atoms. The van der Waals surface area contributed by atoms with Gasteiger partial charge in [0.05, 0.1) is 13.2 Å². The van der Waals surface area contributed by atoms with Gasteiger partial charge < -0.3 is 15.0 Å². The molecular formula is C22H25N5O. The van der Waals surface area contributed by atoms with Crippen LogP contribution in [0.2, 0.25) is 0 Å². The Hall–Kier alpha value is -2.99. The molecule has 1 aliphatic rings. The summed E-state index contributed by atoms with van der Waals surface area (Å²) in [5, 5.41) is 3.44. The van der Waals surface area contributed by atoms with E-state index < -0.39 is 0 Å². The van der Waals surface area contributed by atoms with Crippen LogP contribution in [0.4, 0.5) is 11.6 Å². The van der Waals surface area contributed by atoms with Gasteiger partial charge >= 0.3 is 0 Å². The van der Waals surface area contributed by atoms with E-state index in [2.05, 4.69) is 68.5 Å². The second-order valence-electron chi connectivity index (χ2n) is 6.99. The Labute approximate surface area is 165 Å². The number of aryl methyl sites for hydroxylation is 1. The van der Waals surface area contributed by atoms with Crippen molar-refractivity contribution in [3.05, 3.63) is 66.2 Å². The van der Waals surface area contributed by atoms with Crippen LogP contribution < -0.4 is 10.2 Å². The van der Waals surface area contributed by atoms with E-state index in [1.807, 2.05) is 19.2 Å². The van der Waals surface area contributed by atoms with Gasteiger partial charge in [-0.05, 0) is 49.2 Å². The number of nitrogens with zero attached hydrogens (tertiary/aromatic N) is 4. The van der Waals surface area contributed by atoms with Crippen molar-refractivity contribution in [1.82, 2.24) is 15.0 Å². The van der Waals surface area contributed by atoms with Gasteiger partial charge in [-0.3, -0.25) is 0 Å². The maximum atomic E-state index is 5.42. The molecule has 144 valence electrons. The van der Waals surface area contributed by atoms with Crippen LogP contribution in [0.1, 0.15) is 24.4 Å². The first-order valence-corrected chi connectivity index (χ1v) is 9.64. The molecule has 1 aromatic carbocycles. The van der Waals surface area contributed by atoms with Crippen molar-refractivity contribution in [2.75, 3.05) is 36.5 Å². The third kappa shape index (κ3) is 4.28. The average molecular weight is 375 g/mol. The lowest BCUT2D eigenvalue weighted by molar-refractivity contribution is 0.122. The molecule has 0 radical (unpaired) electrons. The molecule has 28 heavy (non-hydrogen) atoms. The first-order chi connectivity index (χ1) is 13.7. The molecule has 2 aromatic heterocycles. The third-order valence-electron chi connectivity index (χ3n) is 4.94. The standard InChI is InChI=1S/C22H25N5O/c1-16(25-21-8-9-23-17(2)26-21)18-4-3-5-19(14-18)20-6-7-22(24-15-20)27-10-12-28-13-11-27/h3-9,14-16H,10-13H2,1-2H3,(H,23,25,26)/t16-/m0/s1. The van der Waals surface area contributed by atoms with Crippen LogP contribution in [0, 0.1) is 6.92 Å². The predicted molar refractivity (Wildman–Crippen MR) is 112 cm³/mol. The number of morpholine rings is 1. The number of nitrogens with one attached hydrogen (secondary N) is 1. The van der Waals surface area contributed by atoms with Crippen molar-refractivity contribution in [2.45, 2.75) is 19.9 Å². The van der Waals surface area contributed by atoms with E-state index in [-0.39, 0.29) is 6.04 Å². The van der Waals surface area contributed by atoms with Gasteiger partial charge in [0.2, 0.25) is 0 Å². The van der Waals surface area contributed by atoms with E-state index in [1.54, 1.807) is 6.20 Å². The smallest absolute Gasteiger partial charge is 0.130 e. The number of anilines is 2. The van der Waals surface area contributed by atoms with E-state index >= 15 is 0 Å². The Balaban J connectivity index is 1.50. The molecule has 1 N–H and O–H groups in total. The van der Waals surface area contributed by atoms with E-state index in [0.29, 0.717) is 0 Å². The summed E-state index contributed by atoms with van der Waals surface area (Å²) in [5.74, 6) is 2.61. The molecule has 0 saturated carbocycles. The van der Waals surface area contributed by atoms with Crippen molar-refractivity contribution in [1.29, 1.82) is 0 Å². The van der Waals surface area contributed by atoms with Gasteiger partial charge in [-0.1, -0.05) is 18.2 Å². The molecule has 3 heterocycles. The monoisotopic (exact) mass is 375 g/mol. The molecule has 1 saturated heterocycles. The zero-order chi connectivity index (χ0) is 19.3. The maximum Gasteiger partial charge on any atom is 0.130 e. The molecule has 4 rings (SSSR count). The van der Waals surface area contributed by atoms with E-state index in [9.17, 15) is 0 Å². The summed E-state index contributed by atoms with van der Waals surface area (Å²) in [6, 6.07) is 14.8. The predicted octanol–water partition coefficient (Wildman–Crippen LogP) is 3.86. The molecule has 0 bridgehead atoms. The number of hydrogen-bond acceptors (Lipinski definition) is 6. The van der Waals surface area contributed by atoms with Crippen LogP contribution in [-0.2, 0) is 4.74 Å². The SMILES string of the molecule is Cc1nccc(N[C@@H](C)c2cccc(-c3ccc(N4CCOCC4)nc3)c2)n1. The summed E-state index contributed by atoms with van der Waals surface area (Å²) in [5.41, 5.74) is 3.47. The van der Waals surface area contributed by atoms with Gasteiger partial charge in [0.15, 0.2) is 0 Å². The fourth-order valence-corrected chi connectivity index (χ4v) is 3.37. The van der Waals surface area contributed by atoms with Crippen molar-refractivity contribution in [3.8, 4) is 11.1 Å². The molecule has 6 nitrogen and oxygen atoms in total. The van der Waals surface area contributed by atoms with Crippen LogP contribution in [-0.4, -0.2) is 41.3 Å². The minimum atomic E-state index is 0.134. The summed E-state index contributed by atoms with van der Waals surface area (Å²) in [4.78, 5) is 15.5. The first-order valence-electron chi connectivity index (χ1n) is 9.64. The summed E-state index contributed by atoms with van der Waals surface area (Å²) >= 11 is 0. The number of ether oxygens (including phenoxy) is 1. The Morgan fingerprint density at radius 1 is 1.04 bits per heavy atom. The Kier molecular flexibility index (Phi) is 5.48. The lowest BCUT2D eigenvalue weighted by Crippen LogP contribution is -2.36. The Morgan fingerprint density at radius 3 is 2.64 bits per heavy atom. The lowest BCUT2D eigenvalue weighted by Gasteiger charge is -2.27. The van der Waals surface area contributed by atoms with Gasteiger partial charge in [0.25, 0.3) is 0 Å². The van der Waals surface area contributed by atoms with Crippen molar-refractivity contribution >= 4 is 11.6 Å². The molecule has 0 aliphatic carbocycles. The third-order valence-corrected chi connectivity index (χ3v) is 4.94. The Bertz CT molecular complexity index is 922. The van der Waals surface area contributed by atoms with Gasteiger partial charge in [0.1, 0.15) is 17.5 Å². The Morgan fingerprint density at radius 2 is 1.89 bits per heavy atom. The topological polar surface area (TPSA) is 63.2 Å². The van der Waals surface area contributed by atoms with E-state index in [1.165, 1.54) is 5.56 Å². The number of pyridine rings is 1. The summed E-state index contributed by atoms with van der Waals surface area (Å²) in [6.45, 7) is 7.35. The van der Waals surface area contributed by atoms with E-state index in [4.69, 9.17) is 4.74 Å². The molecule has 1 fully saturated rings. The highest BCUT2D eigenvalue weighted by atomic mass is 16.5. The second kappa shape index (κ2) is 8.35. The summed E-state index contributed by atoms with van der Waals surface area (Å²) in [6.07, 6.45) is 3.73. The second-order valence-corrected chi connectivity index (χ2v) is 6.99. The van der Waals surface area contributed by atoms with Crippen LogP contribution >= 0.6 is 0 Å². The van der Waals surface area contributed by atoms with Crippen molar-refractivity contribution < 1.29 is 4.74 Å². The fourth-order valence-electron chi connectivity index (χ4n) is 3.37. The maximum absolute atomic E-state index is 5.42. The van der Waals surface area contributed by atoms with Crippen molar-refractivity contribution in [3.63, 3.8) is 0 Å². The van der Waals surface area contributed by atoms with E-state index in [0.717, 1.165) is 54.9 Å². The van der Waals surface area contributed by atoms with Crippen LogP contribution in [0.25, 0.3) is 11.1 Å². The summed E-state index contributed by atoms with van der Waals surface area (Å²) < 4.78 is 5.42.